The normalized spacial score (nSPS) is 9.90. The summed E-state index contributed by atoms with van der Waals surface area (Å²) in [6.07, 6.45) is 1.53. The second kappa shape index (κ2) is 6.51. The third-order valence-corrected chi connectivity index (χ3v) is 2.58. The zero-order chi connectivity index (χ0) is 14.4. The van der Waals surface area contributed by atoms with Crippen LogP contribution in [0, 0.1) is 6.92 Å². The van der Waals surface area contributed by atoms with Crippen molar-refractivity contribution in [2.75, 3.05) is 12.4 Å². The number of anilines is 1. The van der Waals surface area contributed by atoms with Gasteiger partial charge in [-0.2, -0.15) is 0 Å². The third-order valence-electron chi connectivity index (χ3n) is 2.58. The van der Waals surface area contributed by atoms with E-state index in [1.54, 1.807) is 12.1 Å². The number of urea groups is 1. The van der Waals surface area contributed by atoms with E-state index in [-0.39, 0.29) is 6.03 Å². The van der Waals surface area contributed by atoms with Gasteiger partial charge in [-0.1, -0.05) is 6.07 Å². The molecule has 0 spiro atoms. The number of pyridine rings is 2. The number of rotatable bonds is 4. The monoisotopic (exact) mass is 272 g/mol. The van der Waals surface area contributed by atoms with Crippen LogP contribution in [0.4, 0.5) is 10.5 Å². The Bertz CT molecular complexity index is 584. The fourth-order valence-electron chi connectivity index (χ4n) is 1.62. The van der Waals surface area contributed by atoms with Crippen molar-refractivity contribution in [1.82, 2.24) is 15.3 Å². The molecule has 6 heteroatoms. The van der Waals surface area contributed by atoms with Gasteiger partial charge in [-0.3, -0.25) is 4.98 Å². The summed E-state index contributed by atoms with van der Waals surface area (Å²) in [5.41, 5.74) is 2.33. The number of amides is 2. The quantitative estimate of drug-likeness (QED) is 0.893. The Balaban J connectivity index is 1.85. The predicted octanol–water partition coefficient (Wildman–Crippen LogP) is 2.12. The molecular weight excluding hydrogens is 256 g/mol. The van der Waals surface area contributed by atoms with E-state index >= 15 is 0 Å². The number of nitrogens with one attached hydrogen (secondary N) is 2. The zero-order valence-corrected chi connectivity index (χ0v) is 11.4. The number of hydrogen-bond donors (Lipinski definition) is 2. The van der Waals surface area contributed by atoms with Gasteiger partial charge in [-0.25, -0.2) is 9.78 Å². The summed E-state index contributed by atoms with van der Waals surface area (Å²) in [4.78, 5) is 20.0. The van der Waals surface area contributed by atoms with Crippen molar-refractivity contribution in [2.24, 2.45) is 0 Å². The van der Waals surface area contributed by atoms with Crippen molar-refractivity contribution in [1.29, 1.82) is 0 Å². The lowest BCUT2D eigenvalue weighted by Gasteiger charge is -2.07. The Labute approximate surface area is 117 Å². The van der Waals surface area contributed by atoms with Gasteiger partial charge in [0.05, 0.1) is 31.2 Å². The molecule has 0 aliphatic carbocycles. The van der Waals surface area contributed by atoms with Gasteiger partial charge in [0.2, 0.25) is 5.88 Å². The smallest absolute Gasteiger partial charge is 0.319 e. The summed E-state index contributed by atoms with van der Waals surface area (Å²) < 4.78 is 4.94. The first kappa shape index (κ1) is 13.8. The van der Waals surface area contributed by atoms with Gasteiger partial charge < -0.3 is 15.4 Å². The van der Waals surface area contributed by atoms with Crippen LogP contribution in [-0.4, -0.2) is 23.1 Å². The molecule has 2 aromatic rings. The first-order chi connectivity index (χ1) is 9.67. The van der Waals surface area contributed by atoms with E-state index in [1.165, 1.54) is 13.3 Å². The van der Waals surface area contributed by atoms with E-state index in [9.17, 15) is 4.79 Å². The van der Waals surface area contributed by atoms with Crippen LogP contribution in [0.5, 0.6) is 5.88 Å². The van der Waals surface area contributed by atoms with Crippen molar-refractivity contribution in [3.8, 4) is 5.88 Å². The molecule has 2 amide bonds. The van der Waals surface area contributed by atoms with Crippen LogP contribution in [0.15, 0.2) is 36.5 Å². The highest BCUT2D eigenvalue weighted by Crippen LogP contribution is 2.10. The number of aryl methyl sites for hydroxylation is 1. The highest BCUT2D eigenvalue weighted by molar-refractivity contribution is 5.88. The molecule has 0 unspecified atom stereocenters. The fourth-order valence-corrected chi connectivity index (χ4v) is 1.62. The Hall–Kier alpha value is -2.63. The van der Waals surface area contributed by atoms with Crippen LogP contribution in [0.1, 0.15) is 11.4 Å². The van der Waals surface area contributed by atoms with Gasteiger partial charge in [0.15, 0.2) is 0 Å². The SMILES string of the molecule is COc1ccc(NC(=O)NCc2cccc(C)n2)cn1. The Kier molecular flexibility index (Phi) is 4.49. The molecular formula is C14H16N4O2. The zero-order valence-electron chi connectivity index (χ0n) is 11.4. The van der Waals surface area contributed by atoms with Crippen molar-refractivity contribution < 1.29 is 9.53 Å². The molecule has 2 aromatic heterocycles. The van der Waals surface area contributed by atoms with Crippen molar-refractivity contribution in [3.05, 3.63) is 47.9 Å². The highest BCUT2D eigenvalue weighted by Gasteiger charge is 2.03. The van der Waals surface area contributed by atoms with Crippen molar-refractivity contribution in [3.63, 3.8) is 0 Å². The van der Waals surface area contributed by atoms with Gasteiger partial charge >= 0.3 is 6.03 Å². The largest absolute Gasteiger partial charge is 0.481 e. The number of aromatic nitrogens is 2. The van der Waals surface area contributed by atoms with Gasteiger partial charge in [0.1, 0.15) is 0 Å². The molecule has 0 atom stereocenters. The minimum Gasteiger partial charge on any atom is -0.481 e. The average molecular weight is 272 g/mol. The van der Waals surface area contributed by atoms with E-state index in [0.29, 0.717) is 18.1 Å². The van der Waals surface area contributed by atoms with Crippen LogP contribution in [-0.2, 0) is 6.54 Å². The number of ether oxygens (including phenoxy) is 1. The summed E-state index contributed by atoms with van der Waals surface area (Å²) in [6, 6.07) is 8.77. The van der Waals surface area contributed by atoms with Gasteiger partial charge in [-0.05, 0) is 25.1 Å². The van der Waals surface area contributed by atoms with Crippen molar-refractivity contribution >= 4 is 11.7 Å². The molecule has 0 fully saturated rings. The van der Waals surface area contributed by atoms with Gasteiger partial charge in [0, 0.05) is 11.8 Å². The minimum atomic E-state index is -0.305. The van der Waals surface area contributed by atoms with Crippen LogP contribution in [0.3, 0.4) is 0 Å². The number of nitrogens with zero attached hydrogens (tertiary/aromatic N) is 2. The summed E-state index contributed by atoms with van der Waals surface area (Å²) in [6.45, 7) is 2.28. The van der Waals surface area contributed by atoms with E-state index in [4.69, 9.17) is 4.74 Å². The van der Waals surface area contributed by atoms with Crippen molar-refractivity contribution in [2.45, 2.75) is 13.5 Å². The minimum absolute atomic E-state index is 0.305. The lowest BCUT2D eigenvalue weighted by Crippen LogP contribution is -2.28. The molecule has 0 radical (unpaired) electrons. The molecule has 0 bridgehead atoms. The average Bonchev–Trinajstić information content (AvgIpc) is 2.46. The molecule has 0 saturated heterocycles. The van der Waals surface area contributed by atoms with E-state index in [0.717, 1.165) is 11.4 Å². The van der Waals surface area contributed by atoms with Crippen LogP contribution < -0.4 is 15.4 Å². The predicted molar refractivity (Wildman–Crippen MR) is 75.6 cm³/mol. The first-order valence-electron chi connectivity index (χ1n) is 6.15. The molecule has 20 heavy (non-hydrogen) atoms. The topological polar surface area (TPSA) is 76.1 Å². The second-order valence-electron chi connectivity index (χ2n) is 4.17. The molecule has 0 aliphatic heterocycles. The maximum absolute atomic E-state index is 11.7. The molecule has 2 N–H and O–H groups in total. The molecule has 2 rings (SSSR count). The lowest BCUT2D eigenvalue weighted by molar-refractivity contribution is 0.251. The first-order valence-corrected chi connectivity index (χ1v) is 6.15. The maximum Gasteiger partial charge on any atom is 0.319 e. The summed E-state index contributed by atoms with van der Waals surface area (Å²) in [5.74, 6) is 0.500. The van der Waals surface area contributed by atoms with Crippen LogP contribution >= 0.6 is 0 Å². The van der Waals surface area contributed by atoms with E-state index in [1.807, 2.05) is 25.1 Å². The number of methoxy groups -OCH3 is 1. The standard InChI is InChI=1S/C14H16N4O2/c1-10-4-3-5-11(17-10)9-16-14(19)18-12-6-7-13(20-2)15-8-12/h3-8H,9H2,1-2H3,(H2,16,18,19). The molecule has 2 heterocycles. The van der Waals surface area contributed by atoms with Gasteiger partial charge in [-0.15, -0.1) is 0 Å². The molecule has 6 nitrogen and oxygen atoms in total. The summed E-state index contributed by atoms with van der Waals surface area (Å²) >= 11 is 0. The van der Waals surface area contributed by atoms with Crippen LogP contribution in [0.25, 0.3) is 0 Å². The molecule has 0 aliphatic rings. The van der Waals surface area contributed by atoms with Crippen LogP contribution in [0.2, 0.25) is 0 Å². The lowest BCUT2D eigenvalue weighted by atomic mass is 10.3. The van der Waals surface area contributed by atoms with E-state index < -0.39 is 0 Å². The van der Waals surface area contributed by atoms with Gasteiger partial charge in [0.25, 0.3) is 0 Å². The Morgan fingerprint density at radius 1 is 1.30 bits per heavy atom. The molecule has 0 aromatic carbocycles. The second-order valence-corrected chi connectivity index (χ2v) is 4.17. The number of carbonyl (C=O) groups is 1. The third kappa shape index (κ3) is 3.94. The van der Waals surface area contributed by atoms with E-state index in [2.05, 4.69) is 20.6 Å². The Morgan fingerprint density at radius 3 is 2.80 bits per heavy atom. The maximum atomic E-state index is 11.7. The highest BCUT2D eigenvalue weighted by atomic mass is 16.5. The fraction of sp³-hybridized carbons (Fsp3) is 0.214. The number of hydrogen-bond acceptors (Lipinski definition) is 4. The molecule has 0 saturated carbocycles. The summed E-state index contributed by atoms with van der Waals surface area (Å²) in [7, 11) is 1.54. The Morgan fingerprint density at radius 2 is 2.15 bits per heavy atom. The summed E-state index contributed by atoms with van der Waals surface area (Å²) in [5, 5.41) is 5.41. The molecule has 104 valence electrons. The number of carbonyl (C=O) groups excluding carboxylic acids is 1.